The van der Waals surface area contributed by atoms with Gasteiger partial charge in [-0.25, -0.2) is 4.79 Å². The molecule has 0 spiro atoms. The van der Waals surface area contributed by atoms with Crippen LogP contribution in [0.1, 0.15) is 116 Å². The van der Waals surface area contributed by atoms with Gasteiger partial charge in [0.1, 0.15) is 23.9 Å². The molecule has 0 bridgehead atoms. The highest BCUT2D eigenvalue weighted by atomic mass is 127. The van der Waals surface area contributed by atoms with Crippen molar-refractivity contribution in [1.29, 1.82) is 0 Å². The number of halogens is 1. The molecule has 1 aromatic rings. The smallest absolute Gasteiger partial charge is 0.338 e. The zero-order chi connectivity index (χ0) is 32.3. The highest BCUT2D eigenvalue weighted by molar-refractivity contribution is 14.1. The molecule has 246 valence electrons. The summed E-state index contributed by atoms with van der Waals surface area (Å²) in [5, 5.41) is 12.8. The number of fused-ring (bicyclic) bond motifs is 1. The average molecular weight is 728 g/mol. The van der Waals surface area contributed by atoms with Crippen molar-refractivity contribution in [2.75, 3.05) is 6.61 Å². The maximum absolute atomic E-state index is 13.5. The van der Waals surface area contributed by atoms with Crippen LogP contribution in [0.4, 0.5) is 0 Å². The van der Waals surface area contributed by atoms with Crippen LogP contribution in [0.3, 0.4) is 0 Å². The second-order valence-electron chi connectivity index (χ2n) is 12.8. The van der Waals surface area contributed by atoms with E-state index in [-0.39, 0.29) is 25.9 Å². The van der Waals surface area contributed by atoms with Crippen molar-refractivity contribution in [2.24, 2.45) is 0 Å². The Bertz CT molecular complexity index is 1120. The van der Waals surface area contributed by atoms with Crippen LogP contribution in [-0.4, -0.2) is 65.3 Å². The number of aliphatic hydroxyl groups excluding tert-OH is 1. The molecule has 1 fully saturated rings. The minimum atomic E-state index is -0.809. The number of hydrogen-bond donors (Lipinski definition) is 2. The molecule has 1 aromatic carbocycles. The first kappa shape index (κ1) is 36.4. The van der Waals surface area contributed by atoms with E-state index in [4.69, 9.17) is 18.9 Å². The summed E-state index contributed by atoms with van der Waals surface area (Å²) in [6.45, 7) is 9.34. The molecule has 1 aliphatic heterocycles. The van der Waals surface area contributed by atoms with E-state index in [2.05, 4.69) is 41.8 Å². The first-order valence-electron chi connectivity index (χ1n) is 16.0. The van der Waals surface area contributed by atoms with Gasteiger partial charge >= 0.3 is 11.9 Å². The van der Waals surface area contributed by atoms with Gasteiger partial charge in [-0.15, -0.1) is 0 Å². The van der Waals surface area contributed by atoms with Crippen molar-refractivity contribution in [2.45, 2.75) is 141 Å². The summed E-state index contributed by atoms with van der Waals surface area (Å²) in [4.78, 5) is 38.9. The molecule has 1 amide bonds. The van der Waals surface area contributed by atoms with E-state index in [0.29, 0.717) is 11.1 Å². The van der Waals surface area contributed by atoms with Crippen LogP contribution in [0.5, 0.6) is 0 Å². The number of unbranched alkanes of at least 4 members (excludes halogenated alkanes) is 4. The number of carbonyl (C=O) groups excluding carboxylic acids is 3. The van der Waals surface area contributed by atoms with Crippen molar-refractivity contribution in [3.63, 3.8) is 0 Å². The van der Waals surface area contributed by atoms with Crippen molar-refractivity contribution in [3.05, 3.63) is 45.0 Å². The second-order valence-corrected chi connectivity index (χ2v) is 14.1. The van der Waals surface area contributed by atoms with E-state index < -0.39 is 53.6 Å². The van der Waals surface area contributed by atoms with E-state index in [1.54, 1.807) is 39.0 Å². The van der Waals surface area contributed by atoms with Gasteiger partial charge in [0, 0.05) is 34.8 Å². The standard InChI is InChI=1S/C34H50INO8/c1-6-8-10-18-34(19-11-9-7-2)42-28-21-24(31(39)36-26(22-37)16-17-29(38)43-33(3,4)5)20-27(30(28)44-34)41-32(40)23-12-14-25(35)15-13-23/h12-15,21,26-28,30,37H,6-11,16-20,22H2,1-5H3,(H,36,39)/t26-,27+,28+,30-/m0/s1. The summed E-state index contributed by atoms with van der Waals surface area (Å²) < 4.78 is 25.7. The molecule has 9 nitrogen and oxygen atoms in total. The lowest BCUT2D eigenvalue weighted by Crippen LogP contribution is -2.45. The van der Waals surface area contributed by atoms with Crippen LogP contribution < -0.4 is 5.32 Å². The van der Waals surface area contributed by atoms with Gasteiger partial charge in [-0.1, -0.05) is 39.5 Å². The van der Waals surface area contributed by atoms with Crippen LogP contribution in [0.25, 0.3) is 0 Å². The molecule has 4 atom stereocenters. The average Bonchev–Trinajstić information content (AvgIpc) is 3.33. The molecular formula is C34H50INO8. The molecule has 3 rings (SSSR count). The number of aliphatic hydroxyl groups is 1. The summed E-state index contributed by atoms with van der Waals surface area (Å²) in [5.41, 5.74) is 0.194. The Kier molecular flexibility index (Phi) is 14.1. The van der Waals surface area contributed by atoms with E-state index in [1.165, 1.54) is 0 Å². The molecule has 0 aromatic heterocycles. The number of carbonyl (C=O) groups is 3. The lowest BCUT2D eigenvalue weighted by Gasteiger charge is -2.31. The maximum Gasteiger partial charge on any atom is 0.338 e. The third-order valence-electron chi connectivity index (χ3n) is 7.80. The first-order valence-corrected chi connectivity index (χ1v) is 17.1. The van der Waals surface area contributed by atoms with E-state index in [9.17, 15) is 19.5 Å². The van der Waals surface area contributed by atoms with Crippen molar-refractivity contribution in [3.8, 4) is 0 Å². The van der Waals surface area contributed by atoms with Gasteiger partial charge in [-0.3, -0.25) is 9.59 Å². The summed E-state index contributed by atoms with van der Waals surface area (Å²) in [6.07, 6.45) is 7.90. The molecule has 1 aliphatic carbocycles. The van der Waals surface area contributed by atoms with E-state index in [1.807, 2.05) is 12.1 Å². The summed E-state index contributed by atoms with van der Waals surface area (Å²) in [7, 11) is 0. The monoisotopic (exact) mass is 727 g/mol. The maximum atomic E-state index is 13.5. The Morgan fingerprint density at radius 2 is 1.68 bits per heavy atom. The molecule has 1 heterocycles. The predicted molar refractivity (Wildman–Crippen MR) is 176 cm³/mol. The molecule has 44 heavy (non-hydrogen) atoms. The van der Waals surface area contributed by atoms with Gasteiger partial charge in [0.25, 0.3) is 0 Å². The fraction of sp³-hybridized carbons (Fsp3) is 0.676. The van der Waals surface area contributed by atoms with Gasteiger partial charge in [-0.2, -0.15) is 0 Å². The van der Waals surface area contributed by atoms with Gasteiger partial charge < -0.3 is 29.4 Å². The van der Waals surface area contributed by atoms with Crippen molar-refractivity contribution >= 4 is 40.4 Å². The van der Waals surface area contributed by atoms with Crippen LogP contribution in [0.15, 0.2) is 35.9 Å². The first-order chi connectivity index (χ1) is 20.9. The van der Waals surface area contributed by atoms with Gasteiger partial charge in [0.05, 0.1) is 18.2 Å². The number of nitrogens with one attached hydrogen (secondary N) is 1. The molecule has 0 radical (unpaired) electrons. The number of benzene rings is 1. The Morgan fingerprint density at radius 1 is 1.05 bits per heavy atom. The van der Waals surface area contributed by atoms with E-state index in [0.717, 1.165) is 54.9 Å². The number of hydrogen-bond acceptors (Lipinski definition) is 8. The highest BCUT2D eigenvalue weighted by Crippen LogP contribution is 2.43. The van der Waals surface area contributed by atoms with Crippen LogP contribution in [0.2, 0.25) is 0 Å². The number of esters is 2. The summed E-state index contributed by atoms with van der Waals surface area (Å²) >= 11 is 2.18. The molecule has 0 saturated carbocycles. The Morgan fingerprint density at radius 3 is 2.25 bits per heavy atom. The number of ether oxygens (including phenoxy) is 4. The Hall–Kier alpha value is -2.02. The quantitative estimate of drug-likeness (QED) is 0.114. The SMILES string of the molecule is CCCCCC1(CCCCC)O[C@@H]2[C@@H](C=C(C(=O)N[C@H](CO)CCC(=O)OC(C)(C)C)C[C@H]2OC(=O)c2ccc(I)cc2)O1. The highest BCUT2D eigenvalue weighted by Gasteiger charge is 2.52. The lowest BCUT2D eigenvalue weighted by atomic mass is 9.91. The van der Waals surface area contributed by atoms with Crippen LogP contribution in [-0.2, 0) is 28.5 Å². The minimum absolute atomic E-state index is 0.0533. The Balaban J connectivity index is 1.81. The topological polar surface area (TPSA) is 120 Å². The second kappa shape index (κ2) is 17.1. The Labute approximate surface area is 275 Å². The summed E-state index contributed by atoms with van der Waals surface area (Å²) in [6, 6.07) is 6.47. The van der Waals surface area contributed by atoms with Gasteiger partial charge in [0.2, 0.25) is 5.91 Å². The molecule has 2 N–H and O–H groups in total. The molecule has 2 aliphatic rings. The van der Waals surface area contributed by atoms with Gasteiger partial charge in [-0.05, 0) is 93.0 Å². The molecule has 0 unspecified atom stereocenters. The van der Waals surface area contributed by atoms with Crippen molar-refractivity contribution in [1.82, 2.24) is 5.32 Å². The summed E-state index contributed by atoms with van der Waals surface area (Å²) in [5.74, 6) is -2.10. The predicted octanol–water partition coefficient (Wildman–Crippen LogP) is 6.39. The van der Waals surface area contributed by atoms with Crippen molar-refractivity contribution < 1.29 is 38.4 Å². The minimum Gasteiger partial charge on any atom is -0.460 e. The normalized spacial score (nSPS) is 21.6. The fourth-order valence-electron chi connectivity index (χ4n) is 5.56. The third kappa shape index (κ3) is 11.1. The number of amides is 1. The largest absolute Gasteiger partial charge is 0.460 e. The zero-order valence-electron chi connectivity index (χ0n) is 26.9. The third-order valence-corrected chi connectivity index (χ3v) is 8.52. The molecular weight excluding hydrogens is 677 g/mol. The molecule has 10 heteroatoms. The lowest BCUT2D eigenvalue weighted by molar-refractivity contribution is -0.190. The number of rotatable bonds is 16. The van der Waals surface area contributed by atoms with Crippen LogP contribution in [0, 0.1) is 3.57 Å². The van der Waals surface area contributed by atoms with Crippen LogP contribution >= 0.6 is 22.6 Å². The van der Waals surface area contributed by atoms with Gasteiger partial charge in [0.15, 0.2) is 5.79 Å². The molecule has 1 saturated heterocycles. The fourth-order valence-corrected chi connectivity index (χ4v) is 5.92. The zero-order valence-corrected chi connectivity index (χ0v) is 29.0. The van der Waals surface area contributed by atoms with E-state index >= 15 is 0 Å².